The van der Waals surface area contributed by atoms with Gasteiger partial charge in [-0.25, -0.2) is 4.39 Å². The number of nitrogens with one attached hydrogen (secondary N) is 1. The summed E-state index contributed by atoms with van der Waals surface area (Å²) in [6.45, 7) is 0.287. The van der Waals surface area contributed by atoms with E-state index in [9.17, 15) is 22.4 Å². The summed E-state index contributed by atoms with van der Waals surface area (Å²) < 4.78 is 54.1. The summed E-state index contributed by atoms with van der Waals surface area (Å²) in [5.41, 5.74) is 5.40. The Balaban J connectivity index is 2.84. The maximum absolute atomic E-state index is 13.2. The van der Waals surface area contributed by atoms with Crippen molar-refractivity contribution in [2.45, 2.75) is 32.0 Å². The zero-order valence-electron chi connectivity index (χ0n) is 11.3. The van der Waals surface area contributed by atoms with E-state index in [4.69, 9.17) is 5.73 Å². The van der Waals surface area contributed by atoms with E-state index in [0.29, 0.717) is 12.8 Å². The van der Waals surface area contributed by atoms with Crippen LogP contribution in [0.1, 0.15) is 19.8 Å². The zero-order valence-corrected chi connectivity index (χ0v) is 11.3. The van der Waals surface area contributed by atoms with Crippen molar-refractivity contribution in [1.82, 2.24) is 0 Å². The van der Waals surface area contributed by atoms with Crippen LogP contribution in [-0.4, -0.2) is 24.7 Å². The summed E-state index contributed by atoms with van der Waals surface area (Å²) in [6, 6.07) is 2.01. The molecule has 0 aliphatic carbocycles. The number of nitrogens with two attached hydrogens (primary N) is 1. The summed E-state index contributed by atoms with van der Waals surface area (Å²) in [6.07, 6.45) is -3.47. The van der Waals surface area contributed by atoms with E-state index < -0.39 is 30.5 Å². The van der Waals surface area contributed by atoms with Crippen LogP contribution in [0, 0.1) is 5.82 Å². The second-order valence-electron chi connectivity index (χ2n) is 4.43. The van der Waals surface area contributed by atoms with E-state index in [-0.39, 0.29) is 11.4 Å². The smallest absolute Gasteiger partial charge is 0.422 e. The first-order chi connectivity index (χ1) is 9.73. The van der Waals surface area contributed by atoms with Crippen molar-refractivity contribution in [3.8, 4) is 5.75 Å². The lowest BCUT2D eigenvalue weighted by Crippen LogP contribution is -2.35. The molecule has 118 valence electrons. The summed E-state index contributed by atoms with van der Waals surface area (Å²) in [7, 11) is 0. The topological polar surface area (TPSA) is 64.4 Å². The normalized spacial score (nSPS) is 12.9. The van der Waals surface area contributed by atoms with Crippen LogP contribution in [0.3, 0.4) is 0 Å². The maximum Gasteiger partial charge on any atom is 0.422 e. The van der Waals surface area contributed by atoms with Gasteiger partial charge in [0, 0.05) is 6.07 Å². The Hall–Kier alpha value is -1.83. The molecule has 0 aliphatic heterocycles. The Bertz CT molecular complexity index is 492. The molecular formula is C13H16F4N2O2. The molecule has 0 spiro atoms. The van der Waals surface area contributed by atoms with Gasteiger partial charge in [-0.05, 0) is 18.6 Å². The number of rotatable bonds is 6. The molecule has 0 fully saturated rings. The predicted octanol–water partition coefficient (Wildman–Crippen LogP) is 2.83. The van der Waals surface area contributed by atoms with Crippen molar-refractivity contribution < 1.29 is 27.1 Å². The monoisotopic (exact) mass is 308 g/mol. The molecule has 4 nitrogen and oxygen atoms in total. The van der Waals surface area contributed by atoms with Gasteiger partial charge in [0.05, 0.1) is 11.7 Å². The van der Waals surface area contributed by atoms with E-state index in [1.54, 1.807) is 0 Å². The molecule has 0 aromatic heterocycles. The number of ether oxygens (including phenoxy) is 1. The molecule has 1 aromatic rings. The fourth-order valence-corrected chi connectivity index (χ4v) is 1.55. The Labute approximate surface area is 119 Å². The van der Waals surface area contributed by atoms with Gasteiger partial charge in [0.2, 0.25) is 5.91 Å². The molecule has 3 N–H and O–H groups in total. The molecule has 8 heteroatoms. The van der Waals surface area contributed by atoms with E-state index in [0.717, 1.165) is 18.2 Å². The van der Waals surface area contributed by atoms with E-state index in [1.807, 2.05) is 6.92 Å². The summed E-state index contributed by atoms with van der Waals surface area (Å²) in [5, 5.41) is 2.28. The van der Waals surface area contributed by atoms with E-state index in [2.05, 4.69) is 10.1 Å². The molecule has 1 rings (SSSR count). The molecule has 21 heavy (non-hydrogen) atoms. The highest BCUT2D eigenvalue weighted by Gasteiger charge is 2.29. The molecule has 1 amide bonds. The third-order valence-electron chi connectivity index (χ3n) is 2.53. The van der Waals surface area contributed by atoms with Gasteiger partial charge in [0.1, 0.15) is 11.6 Å². The first-order valence-electron chi connectivity index (χ1n) is 6.28. The molecule has 1 unspecified atom stereocenters. The van der Waals surface area contributed by atoms with Crippen molar-refractivity contribution in [3.05, 3.63) is 24.0 Å². The van der Waals surface area contributed by atoms with Gasteiger partial charge in [0.15, 0.2) is 6.61 Å². The largest absolute Gasteiger partial charge is 0.482 e. The number of amides is 1. The van der Waals surface area contributed by atoms with Gasteiger partial charge in [-0.1, -0.05) is 13.3 Å². The van der Waals surface area contributed by atoms with Gasteiger partial charge >= 0.3 is 6.18 Å². The number of carbonyl (C=O) groups is 1. The highest BCUT2D eigenvalue weighted by Crippen LogP contribution is 2.27. The minimum Gasteiger partial charge on any atom is -0.482 e. The Morgan fingerprint density at radius 3 is 2.67 bits per heavy atom. The average Bonchev–Trinajstić information content (AvgIpc) is 2.37. The molecule has 0 radical (unpaired) electrons. The van der Waals surface area contributed by atoms with E-state index >= 15 is 0 Å². The third kappa shape index (κ3) is 5.99. The van der Waals surface area contributed by atoms with Crippen LogP contribution in [-0.2, 0) is 4.79 Å². The van der Waals surface area contributed by atoms with Crippen LogP contribution < -0.4 is 15.8 Å². The highest BCUT2D eigenvalue weighted by atomic mass is 19.4. The van der Waals surface area contributed by atoms with Gasteiger partial charge < -0.3 is 15.8 Å². The third-order valence-corrected chi connectivity index (χ3v) is 2.53. The fraction of sp³-hybridized carbons (Fsp3) is 0.462. The summed E-state index contributed by atoms with van der Waals surface area (Å²) in [4.78, 5) is 11.7. The molecule has 0 aliphatic rings. The van der Waals surface area contributed by atoms with Crippen molar-refractivity contribution in [3.63, 3.8) is 0 Å². The Kier molecular flexibility index (Phi) is 5.95. The Morgan fingerprint density at radius 2 is 2.10 bits per heavy atom. The van der Waals surface area contributed by atoms with Crippen LogP contribution >= 0.6 is 0 Å². The van der Waals surface area contributed by atoms with Crippen molar-refractivity contribution in [1.29, 1.82) is 0 Å². The minimum absolute atomic E-state index is 0.184. The molecule has 0 saturated carbocycles. The number of benzene rings is 1. The minimum atomic E-state index is -4.53. The van der Waals surface area contributed by atoms with Crippen LogP contribution in [0.25, 0.3) is 0 Å². The number of alkyl halides is 3. The SMILES string of the molecule is CCCC(N)C(=O)Nc1cc(F)ccc1OCC(F)(F)F. The van der Waals surface area contributed by atoms with Crippen molar-refractivity contribution in [2.75, 3.05) is 11.9 Å². The van der Waals surface area contributed by atoms with Crippen LogP contribution in [0.2, 0.25) is 0 Å². The molecule has 1 aromatic carbocycles. The molecule has 0 saturated heterocycles. The highest BCUT2D eigenvalue weighted by molar-refractivity contribution is 5.95. The number of halogens is 4. The fourth-order valence-electron chi connectivity index (χ4n) is 1.55. The summed E-state index contributed by atoms with van der Waals surface area (Å²) >= 11 is 0. The predicted molar refractivity (Wildman–Crippen MR) is 69.5 cm³/mol. The number of anilines is 1. The van der Waals surface area contributed by atoms with Crippen LogP contribution in [0.5, 0.6) is 5.75 Å². The standard InChI is InChI=1S/C13H16F4N2O2/c1-2-3-9(18)12(20)19-10-6-8(14)4-5-11(10)21-7-13(15,16)17/h4-6,9H,2-3,7,18H2,1H3,(H,19,20). The first-order valence-corrected chi connectivity index (χ1v) is 6.28. The van der Waals surface area contributed by atoms with Crippen LogP contribution in [0.4, 0.5) is 23.2 Å². The molecule has 0 bridgehead atoms. The lowest BCUT2D eigenvalue weighted by Gasteiger charge is -2.16. The second kappa shape index (κ2) is 7.26. The second-order valence-corrected chi connectivity index (χ2v) is 4.43. The van der Waals surface area contributed by atoms with E-state index in [1.165, 1.54) is 0 Å². The average molecular weight is 308 g/mol. The van der Waals surface area contributed by atoms with Gasteiger partial charge in [0.25, 0.3) is 0 Å². The van der Waals surface area contributed by atoms with Crippen LogP contribution in [0.15, 0.2) is 18.2 Å². The molecular weight excluding hydrogens is 292 g/mol. The zero-order chi connectivity index (χ0) is 16.0. The number of hydrogen-bond donors (Lipinski definition) is 2. The van der Waals surface area contributed by atoms with Gasteiger partial charge in [-0.3, -0.25) is 4.79 Å². The molecule has 1 atom stereocenters. The summed E-state index contributed by atoms with van der Waals surface area (Å²) in [5.74, 6) is -1.60. The van der Waals surface area contributed by atoms with Crippen molar-refractivity contribution in [2.24, 2.45) is 5.73 Å². The Morgan fingerprint density at radius 1 is 1.43 bits per heavy atom. The maximum atomic E-state index is 13.2. The number of carbonyl (C=O) groups excluding carboxylic acids is 1. The lowest BCUT2D eigenvalue weighted by atomic mass is 10.1. The number of hydrogen-bond acceptors (Lipinski definition) is 3. The lowest BCUT2D eigenvalue weighted by molar-refractivity contribution is -0.153. The van der Waals surface area contributed by atoms with Gasteiger partial charge in [-0.2, -0.15) is 13.2 Å². The first kappa shape index (κ1) is 17.2. The molecule has 0 heterocycles. The quantitative estimate of drug-likeness (QED) is 0.794. The van der Waals surface area contributed by atoms with Gasteiger partial charge in [-0.15, -0.1) is 0 Å². The van der Waals surface area contributed by atoms with Crippen molar-refractivity contribution >= 4 is 11.6 Å².